The van der Waals surface area contributed by atoms with Gasteiger partial charge in [-0.2, -0.15) is 0 Å². The van der Waals surface area contributed by atoms with E-state index in [0.29, 0.717) is 19.2 Å². The van der Waals surface area contributed by atoms with Crippen LogP contribution < -0.4 is 15.4 Å². The SMILES string of the molecule is COc1ccc(-c2ccnc(N[C@@H]3CO[C@@H]4[C@@H]3OC[C@@H]4NC(=O)C3CCCCC3)n2)cc1. The average Bonchev–Trinajstić information content (AvgIpc) is 3.43. The van der Waals surface area contributed by atoms with Crippen LogP contribution in [0.25, 0.3) is 11.3 Å². The Morgan fingerprint density at radius 3 is 2.47 bits per heavy atom. The molecule has 1 aliphatic carbocycles. The lowest BCUT2D eigenvalue weighted by molar-refractivity contribution is -0.127. The smallest absolute Gasteiger partial charge is 0.223 e. The standard InChI is InChI=1S/C24H30N4O4/c1-30-17-9-7-15(8-10-17)18-11-12-25-24(27-18)28-20-14-32-21-19(13-31-22(20)21)26-23(29)16-5-3-2-4-6-16/h7-12,16,19-22H,2-6,13-14H2,1H3,(H,26,29)(H,25,27,28)/t19-,20+,21-,22+/m0/s1. The predicted octanol–water partition coefficient (Wildman–Crippen LogP) is 2.80. The molecule has 3 heterocycles. The quantitative estimate of drug-likeness (QED) is 0.716. The molecule has 2 aliphatic heterocycles. The topological polar surface area (TPSA) is 94.6 Å². The van der Waals surface area contributed by atoms with Crippen molar-refractivity contribution in [1.82, 2.24) is 15.3 Å². The predicted molar refractivity (Wildman–Crippen MR) is 119 cm³/mol. The van der Waals surface area contributed by atoms with Gasteiger partial charge in [0.15, 0.2) is 0 Å². The summed E-state index contributed by atoms with van der Waals surface area (Å²) in [5.41, 5.74) is 1.81. The lowest BCUT2D eigenvalue weighted by atomic mass is 9.88. The maximum Gasteiger partial charge on any atom is 0.223 e. The molecule has 8 heteroatoms. The van der Waals surface area contributed by atoms with Crippen LogP contribution >= 0.6 is 0 Å². The maximum atomic E-state index is 12.7. The Morgan fingerprint density at radius 1 is 1.00 bits per heavy atom. The van der Waals surface area contributed by atoms with Gasteiger partial charge in [0.2, 0.25) is 11.9 Å². The van der Waals surface area contributed by atoms with Crippen molar-refractivity contribution >= 4 is 11.9 Å². The Bertz CT molecular complexity index is 932. The summed E-state index contributed by atoms with van der Waals surface area (Å²) in [6.45, 7) is 0.958. The molecule has 2 N–H and O–H groups in total. The molecule has 3 fully saturated rings. The lowest BCUT2D eigenvalue weighted by Crippen LogP contribution is -2.47. The first-order valence-electron chi connectivity index (χ1n) is 11.5. The van der Waals surface area contributed by atoms with Crippen molar-refractivity contribution in [1.29, 1.82) is 0 Å². The number of aromatic nitrogens is 2. The first-order valence-corrected chi connectivity index (χ1v) is 11.5. The number of methoxy groups -OCH3 is 1. The van der Waals surface area contributed by atoms with Gasteiger partial charge >= 0.3 is 0 Å². The van der Waals surface area contributed by atoms with E-state index in [2.05, 4.69) is 20.6 Å². The minimum Gasteiger partial charge on any atom is -0.497 e. The fourth-order valence-corrected chi connectivity index (χ4v) is 4.93. The summed E-state index contributed by atoms with van der Waals surface area (Å²) in [4.78, 5) is 21.7. The molecule has 1 amide bonds. The molecule has 0 bridgehead atoms. The molecule has 0 spiro atoms. The molecule has 170 valence electrons. The number of ether oxygens (including phenoxy) is 3. The Hall–Kier alpha value is -2.71. The van der Waals surface area contributed by atoms with Crippen molar-refractivity contribution in [3.05, 3.63) is 36.5 Å². The third kappa shape index (κ3) is 4.42. The van der Waals surface area contributed by atoms with Gasteiger partial charge in [-0.05, 0) is 43.2 Å². The number of anilines is 1. The Labute approximate surface area is 188 Å². The minimum atomic E-state index is -0.148. The summed E-state index contributed by atoms with van der Waals surface area (Å²) in [5.74, 6) is 1.62. The molecule has 1 aromatic carbocycles. The van der Waals surface area contributed by atoms with Gasteiger partial charge in [0.1, 0.15) is 18.0 Å². The first-order chi connectivity index (χ1) is 15.7. The van der Waals surface area contributed by atoms with Crippen molar-refractivity contribution in [3.8, 4) is 17.0 Å². The normalized spacial score (nSPS) is 27.7. The number of fused-ring (bicyclic) bond motifs is 1. The number of carbonyl (C=O) groups is 1. The molecule has 0 radical (unpaired) electrons. The summed E-state index contributed by atoms with van der Waals surface area (Å²) in [6, 6.07) is 9.47. The summed E-state index contributed by atoms with van der Waals surface area (Å²) >= 11 is 0. The van der Waals surface area contributed by atoms with Crippen molar-refractivity contribution in [2.45, 2.75) is 56.4 Å². The van der Waals surface area contributed by atoms with E-state index in [1.165, 1.54) is 6.42 Å². The van der Waals surface area contributed by atoms with E-state index < -0.39 is 0 Å². The number of rotatable bonds is 6. The number of hydrogen-bond acceptors (Lipinski definition) is 7. The largest absolute Gasteiger partial charge is 0.497 e. The van der Waals surface area contributed by atoms with E-state index in [1.54, 1.807) is 13.3 Å². The van der Waals surface area contributed by atoms with E-state index in [-0.39, 0.29) is 36.1 Å². The van der Waals surface area contributed by atoms with Crippen molar-refractivity contribution in [3.63, 3.8) is 0 Å². The molecular weight excluding hydrogens is 408 g/mol. The number of nitrogens with zero attached hydrogens (tertiary/aromatic N) is 2. The van der Waals surface area contributed by atoms with Gasteiger partial charge in [0, 0.05) is 17.7 Å². The number of hydrogen-bond donors (Lipinski definition) is 2. The third-order valence-electron chi connectivity index (χ3n) is 6.71. The molecule has 2 aromatic rings. The zero-order chi connectivity index (χ0) is 21.9. The summed E-state index contributed by atoms with van der Waals surface area (Å²) in [6.07, 6.45) is 6.95. The van der Waals surface area contributed by atoms with E-state index in [9.17, 15) is 4.79 Å². The second kappa shape index (κ2) is 9.42. The van der Waals surface area contributed by atoms with Crippen LogP contribution in [0.1, 0.15) is 32.1 Å². The zero-order valence-electron chi connectivity index (χ0n) is 18.3. The highest BCUT2D eigenvalue weighted by atomic mass is 16.6. The van der Waals surface area contributed by atoms with Gasteiger partial charge in [-0.25, -0.2) is 9.97 Å². The van der Waals surface area contributed by atoms with Crippen molar-refractivity contribution in [2.24, 2.45) is 5.92 Å². The molecule has 1 aromatic heterocycles. The molecule has 4 atom stereocenters. The molecule has 5 rings (SSSR count). The van der Waals surface area contributed by atoms with Gasteiger partial charge < -0.3 is 24.8 Å². The molecule has 2 saturated heterocycles. The number of nitrogens with one attached hydrogen (secondary N) is 2. The Kier molecular flexibility index (Phi) is 6.23. The highest BCUT2D eigenvalue weighted by molar-refractivity contribution is 5.79. The highest BCUT2D eigenvalue weighted by Crippen LogP contribution is 2.30. The molecular formula is C24H30N4O4. The molecule has 1 saturated carbocycles. The highest BCUT2D eigenvalue weighted by Gasteiger charge is 2.48. The molecule has 8 nitrogen and oxygen atoms in total. The van der Waals surface area contributed by atoms with E-state index >= 15 is 0 Å². The molecule has 3 aliphatic rings. The first kappa shape index (κ1) is 21.2. The monoisotopic (exact) mass is 438 g/mol. The van der Waals surface area contributed by atoms with Crippen LogP contribution in [-0.2, 0) is 14.3 Å². The molecule has 32 heavy (non-hydrogen) atoms. The zero-order valence-corrected chi connectivity index (χ0v) is 18.3. The van der Waals surface area contributed by atoms with Gasteiger partial charge in [-0.15, -0.1) is 0 Å². The summed E-state index contributed by atoms with van der Waals surface area (Å²) in [5, 5.41) is 6.56. The number of benzene rings is 1. The molecule has 0 unspecified atom stereocenters. The second-order valence-electron chi connectivity index (χ2n) is 8.79. The van der Waals surface area contributed by atoms with Crippen LogP contribution in [0.5, 0.6) is 5.75 Å². The van der Waals surface area contributed by atoms with E-state index in [4.69, 9.17) is 14.2 Å². The van der Waals surface area contributed by atoms with Gasteiger partial charge in [0.05, 0.1) is 38.1 Å². The van der Waals surface area contributed by atoms with Crippen LogP contribution in [0, 0.1) is 5.92 Å². The van der Waals surface area contributed by atoms with Crippen molar-refractivity contribution < 1.29 is 19.0 Å². The number of amides is 1. The average molecular weight is 439 g/mol. The Morgan fingerprint density at radius 2 is 1.72 bits per heavy atom. The van der Waals surface area contributed by atoms with Crippen LogP contribution in [0.3, 0.4) is 0 Å². The summed E-state index contributed by atoms with van der Waals surface area (Å²) in [7, 11) is 1.65. The number of carbonyl (C=O) groups excluding carboxylic acids is 1. The summed E-state index contributed by atoms with van der Waals surface area (Å²) < 4.78 is 17.3. The minimum absolute atomic E-state index is 0.0669. The van der Waals surface area contributed by atoms with Gasteiger partial charge in [-0.1, -0.05) is 19.3 Å². The Balaban J connectivity index is 1.20. The van der Waals surface area contributed by atoms with E-state index in [0.717, 1.165) is 42.7 Å². The van der Waals surface area contributed by atoms with Gasteiger partial charge in [-0.3, -0.25) is 4.79 Å². The van der Waals surface area contributed by atoms with Crippen LogP contribution in [0.2, 0.25) is 0 Å². The second-order valence-corrected chi connectivity index (χ2v) is 8.79. The van der Waals surface area contributed by atoms with Crippen molar-refractivity contribution in [2.75, 3.05) is 25.6 Å². The fraction of sp³-hybridized carbons (Fsp3) is 0.542. The lowest BCUT2D eigenvalue weighted by Gasteiger charge is -2.24. The third-order valence-corrected chi connectivity index (χ3v) is 6.71. The van der Waals surface area contributed by atoms with Crippen LogP contribution in [0.4, 0.5) is 5.95 Å². The van der Waals surface area contributed by atoms with Gasteiger partial charge in [0.25, 0.3) is 0 Å². The maximum absolute atomic E-state index is 12.7. The van der Waals surface area contributed by atoms with Crippen LogP contribution in [0.15, 0.2) is 36.5 Å². The van der Waals surface area contributed by atoms with E-state index in [1.807, 2.05) is 30.3 Å². The van der Waals surface area contributed by atoms with Crippen LogP contribution in [-0.4, -0.2) is 60.5 Å². The fourth-order valence-electron chi connectivity index (χ4n) is 4.93.